The highest BCUT2D eigenvalue weighted by molar-refractivity contribution is 7.92. The van der Waals surface area contributed by atoms with Crippen LogP contribution in [0.1, 0.15) is 27.0 Å². The molecule has 0 aliphatic carbocycles. The van der Waals surface area contributed by atoms with Gasteiger partial charge in [-0.3, -0.25) is 9.10 Å². The first kappa shape index (κ1) is 21.2. The van der Waals surface area contributed by atoms with Gasteiger partial charge in [-0.05, 0) is 53.4 Å². The van der Waals surface area contributed by atoms with E-state index in [0.29, 0.717) is 40.0 Å². The Bertz CT molecular complexity index is 1510. The number of carbonyl (C=O) groups excluding carboxylic acids is 1. The number of nitrogens with zero attached hydrogens (tertiary/aromatic N) is 1. The van der Waals surface area contributed by atoms with E-state index in [1.54, 1.807) is 18.2 Å². The number of hydrogen-bond donors (Lipinski definition) is 1. The molecular formula is C25H21FN2O4S. The first-order valence-electron chi connectivity index (χ1n) is 10.4. The number of benzene rings is 3. The quantitative estimate of drug-likeness (QED) is 0.485. The minimum atomic E-state index is -3.58. The summed E-state index contributed by atoms with van der Waals surface area (Å²) >= 11 is 0. The Hall–Kier alpha value is -3.65. The minimum Gasteiger partial charge on any atom is -0.455 e. The zero-order valence-corrected chi connectivity index (χ0v) is 18.9. The second kappa shape index (κ2) is 7.74. The molecule has 0 spiro atoms. The zero-order valence-electron chi connectivity index (χ0n) is 18.1. The van der Waals surface area contributed by atoms with E-state index in [1.165, 1.54) is 29.7 Å². The number of nitrogens with one attached hydrogen (secondary N) is 1. The highest BCUT2D eigenvalue weighted by Gasteiger charge is 2.29. The highest BCUT2D eigenvalue weighted by Crippen LogP contribution is 2.40. The number of anilines is 1. The highest BCUT2D eigenvalue weighted by atomic mass is 32.2. The van der Waals surface area contributed by atoms with E-state index < -0.39 is 15.8 Å². The second-order valence-electron chi connectivity index (χ2n) is 8.08. The van der Waals surface area contributed by atoms with Gasteiger partial charge in [0, 0.05) is 24.1 Å². The van der Waals surface area contributed by atoms with Gasteiger partial charge in [0.15, 0.2) is 0 Å². The van der Waals surface area contributed by atoms with Crippen LogP contribution in [0.3, 0.4) is 0 Å². The van der Waals surface area contributed by atoms with Gasteiger partial charge in [-0.25, -0.2) is 12.8 Å². The van der Waals surface area contributed by atoms with Crippen molar-refractivity contribution in [3.05, 3.63) is 88.7 Å². The summed E-state index contributed by atoms with van der Waals surface area (Å²) in [4.78, 5) is 12.9. The first-order valence-corrected chi connectivity index (χ1v) is 12.2. The van der Waals surface area contributed by atoms with Gasteiger partial charge in [-0.15, -0.1) is 0 Å². The van der Waals surface area contributed by atoms with Gasteiger partial charge >= 0.3 is 0 Å². The van der Waals surface area contributed by atoms with E-state index in [1.807, 2.05) is 30.3 Å². The van der Waals surface area contributed by atoms with Crippen LogP contribution >= 0.6 is 0 Å². The number of rotatable bonds is 3. The third kappa shape index (κ3) is 3.66. The summed E-state index contributed by atoms with van der Waals surface area (Å²) in [6.45, 7) is 0.210. The Morgan fingerprint density at radius 2 is 1.73 bits per heavy atom. The van der Waals surface area contributed by atoms with Crippen LogP contribution in [0.2, 0.25) is 0 Å². The Morgan fingerprint density at radius 1 is 1.03 bits per heavy atom. The van der Waals surface area contributed by atoms with E-state index in [4.69, 9.17) is 4.42 Å². The molecular weight excluding hydrogens is 443 g/mol. The van der Waals surface area contributed by atoms with Crippen LogP contribution in [0.5, 0.6) is 0 Å². The minimum absolute atomic E-state index is 0.210. The second-order valence-corrected chi connectivity index (χ2v) is 9.99. The van der Waals surface area contributed by atoms with Crippen molar-refractivity contribution < 1.29 is 22.0 Å². The van der Waals surface area contributed by atoms with Crippen LogP contribution < -0.4 is 9.62 Å². The molecule has 0 unspecified atom stereocenters. The lowest BCUT2D eigenvalue weighted by molar-refractivity contribution is 0.0964. The van der Waals surface area contributed by atoms with E-state index in [0.717, 1.165) is 16.7 Å². The molecule has 8 heteroatoms. The number of halogens is 1. The average Bonchev–Trinajstić information content (AvgIpc) is 3.06. The number of carbonyl (C=O) groups is 1. The lowest BCUT2D eigenvalue weighted by Gasteiger charge is -2.22. The molecule has 3 aromatic carbocycles. The molecule has 0 saturated carbocycles. The molecule has 0 saturated heterocycles. The molecule has 0 radical (unpaired) electrons. The van der Waals surface area contributed by atoms with Crippen LogP contribution in [-0.2, 0) is 23.0 Å². The molecule has 6 nitrogen and oxygen atoms in total. The Balaban J connectivity index is 1.80. The van der Waals surface area contributed by atoms with Crippen molar-refractivity contribution in [2.24, 2.45) is 0 Å². The maximum atomic E-state index is 13.5. The van der Waals surface area contributed by atoms with Crippen molar-refractivity contribution in [2.45, 2.75) is 13.0 Å². The number of amides is 1. The summed E-state index contributed by atoms with van der Waals surface area (Å²) in [6.07, 6.45) is 1.69. The smallest absolute Gasteiger partial charge is 0.255 e. The van der Waals surface area contributed by atoms with E-state index >= 15 is 0 Å². The summed E-state index contributed by atoms with van der Waals surface area (Å²) in [5.74, 6) is -0.441. The van der Waals surface area contributed by atoms with Crippen molar-refractivity contribution in [3.8, 4) is 11.3 Å². The van der Waals surface area contributed by atoms with Crippen molar-refractivity contribution in [1.82, 2.24) is 5.32 Å². The van der Waals surface area contributed by atoms with Gasteiger partial charge in [0.1, 0.15) is 17.2 Å². The molecule has 2 heterocycles. The number of sulfonamides is 1. The average molecular weight is 465 g/mol. The maximum Gasteiger partial charge on any atom is 0.255 e. The summed E-state index contributed by atoms with van der Waals surface area (Å²) in [5.41, 5.74) is 4.49. The molecule has 1 aromatic heterocycles. The molecule has 5 rings (SSSR count). The fraction of sp³-hybridized carbons (Fsp3) is 0.160. The molecule has 1 N–H and O–H groups in total. The van der Waals surface area contributed by atoms with Gasteiger partial charge in [-0.1, -0.05) is 24.3 Å². The molecule has 1 aliphatic rings. The molecule has 33 heavy (non-hydrogen) atoms. The van der Waals surface area contributed by atoms with E-state index in [9.17, 15) is 17.6 Å². The summed E-state index contributed by atoms with van der Waals surface area (Å²) in [5, 5.41) is 3.21. The van der Waals surface area contributed by atoms with Crippen LogP contribution in [0, 0.1) is 5.82 Å². The van der Waals surface area contributed by atoms with Crippen LogP contribution in [0.15, 0.2) is 65.1 Å². The molecule has 0 bridgehead atoms. The fourth-order valence-electron chi connectivity index (χ4n) is 4.33. The SMILES string of the molecule is CNC(=O)c1c(-c2ccc(F)cc2)oc2cc3c(cc12)Cc1ccccc1CN3S(C)(=O)=O. The third-order valence-corrected chi connectivity index (χ3v) is 7.06. The molecule has 0 fully saturated rings. The Kier molecular flexibility index (Phi) is 4.97. The van der Waals surface area contributed by atoms with Crippen LogP contribution in [0.4, 0.5) is 10.1 Å². The van der Waals surface area contributed by atoms with Crippen molar-refractivity contribution in [1.29, 1.82) is 0 Å². The molecule has 0 atom stereocenters. The third-order valence-electron chi connectivity index (χ3n) is 5.93. The fourth-order valence-corrected chi connectivity index (χ4v) is 5.23. The summed E-state index contributed by atoms with van der Waals surface area (Å²) in [7, 11) is -2.06. The topological polar surface area (TPSA) is 79.6 Å². The number of hydrogen-bond acceptors (Lipinski definition) is 4. The van der Waals surface area contributed by atoms with Gasteiger partial charge in [0.2, 0.25) is 10.0 Å². The molecule has 168 valence electrons. The first-order chi connectivity index (χ1) is 15.8. The van der Waals surface area contributed by atoms with Gasteiger partial charge in [0.25, 0.3) is 5.91 Å². The van der Waals surface area contributed by atoms with Crippen LogP contribution in [0.25, 0.3) is 22.3 Å². The predicted molar refractivity (Wildman–Crippen MR) is 125 cm³/mol. The van der Waals surface area contributed by atoms with E-state index in [2.05, 4.69) is 5.32 Å². The number of furan rings is 1. The lowest BCUT2D eigenvalue weighted by Crippen LogP contribution is -2.29. The predicted octanol–water partition coefficient (Wildman–Crippen LogP) is 4.47. The van der Waals surface area contributed by atoms with Gasteiger partial charge < -0.3 is 9.73 Å². The summed E-state index contributed by atoms with van der Waals surface area (Å²) in [6, 6.07) is 16.9. The monoisotopic (exact) mass is 464 g/mol. The lowest BCUT2D eigenvalue weighted by atomic mass is 9.98. The number of fused-ring (bicyclic) bond motifs is 3. The van der Waals surface area contributed by atoms with Crippen molar-refractivity contribution in [3.63, 3.8) is 0 Å². The molecule has 1 aliphatic heterocycles. The van der Waals surface area contributed by atoms with E-state index in [-0.39, 0.29) is 12.5 Å². The van der Waals surface area contributed by atoms with Crippen molar-refractivity contribution in [2.75, 3.05) is 17.6 Å². The normalized spacial score (nSPS) is 13.4. The van der Waals surface area contributed by atoms with Crippen LogP contribution in [-0.4, -0.2) is 27.6 Å². The maximum absolute atomic E-state index is 13.5. The molecule has 4 aromatic rings. The van der Waals surface area contributed by atoms with Crippen molar-refractivity contribution >= 4 is 32.6 Å². The standard InChI is InChI=1S/C25H21FN2O4S/c1-27-25(29)23-20-12-18-11-16-5-3-4-6-17(16)14-28(33(2,30)31)21(18)13-22(20)32-24(23)15-7-9-19(26)10-8-15/h3-10,12-13H,11,14H2,1-2H3,(H,27,29). The Morgan fingerprint density at radius 3 is 2.39 bits per heavy atom. The largest absolute Gasteiger partial charge is 0.455 e. The van der Waals surface area contributed by atoms with Gasteiger partial charge in [-0.2, -0.15) is 0 Å². The Labute approximate surface area is 190 Å². The summed E-state index contributed by atoms with van der Waals surface area (Å²) < 4.78 is 46.4. The zero-order chi connectivity index (χ0) is 23.3. The van der Waals surface area contributed by atoms with Gasteiger partial charge in [0.05, 0.1) is 24.1 Å². The molecule has 1 amide bonds.